The van der Waals surface area contributed by atoms with Crippen molar-refractivity contribution >= 4 is 43.3 Å². The van der Waals surface area contributed by atoms with Crippen LogP contribution < -0.4 is 10.5 Å². The summed E-state index contributed by atoms with van der Waals surface area (Å²) in [6.07, 6.45) is 0. The first-order valence-electron chi connectivity index (χ1n) is 8.39. The van der Waals surface area contributed by atoms with Crippen LogP contribution in [-0.4, -0.2) is 5.91 Å². The first-order chi connectivity index (χ1) is 13.1. The summed E-state index contributed by atoms with van der Waals surface area (Å²) in [6.45, 7) is 0.516. The highest BCUT2D eigenvalue weighted by molar-refractivity contribution is 9.10. The largest absolute Gasteiger partial charge is 0.489 e. The van der Waals surface area contributed by atoms with Crippen molar-refractivity contribution in [2.75, 3.05) is 0 Å². The van der Waals surface area contributed by atoms with Crippen LogP contribution in [0.25, 0.3) is 21.2 Å². The van der Waals surface area contributed by atoms with Crippen LogP contribution in [0, 0.1) is 0 Å². The molecule has 27 heavy (non-hydrogen) atoms. The lowest BCUT2D eigenvalue weighted by Crippen LogP contribution is -2.10. The van der Waals surface area contributed by atoms with Gasteiger partial charge in [-0.1, -0.05) is 40.2 Å². The zero-order chi connectivity index (χ0) is 18.8. The summed E-state index contributed by atoms with van der Waals surface area (Å²) in [5.41, 5.74) is 9.22. The van der Waals surface area contributed by atoms with Crippen LogP contribution in [0.5, 0.6) is 5.75 Å². The van der Waals surface area contributed by atoms with Gasteiger partial charge in [0.25, 0.3) is 0 Å². The van der Waals surface area contributed by atoms with E-state index in [1.165, 1.54) is 0 Å². The van der Waals surface area contributed by atoms with Crippen molar-refractivity contribution in [2.24, 2.45) is 5.73 Å². The van der Waals surface area contributed by atoms with E-state index in [2.05, 4.69) is 21.3 Å². The first kappa shape index (κ1) is 17.8. The summed E-state index contributed by atoms with van der Waals surface area (Å²) in [5, 5.41) is 3.14. The highest BCUT2D eigenvalue weighted by atomic mass is 79.9. The molecular formula is C22H16BrNO2S. The van der Waals surface area contributed by atoms with Crippen LogP contribution in [0.4, 0.5) is 0 Å². The molecule has 3 aromatic carbocycles. The Morgan fingerprint density at radius 2 is 1.85 bits per heavy atom. The van der Waals surface area contributed by atoms with Gasteiger partial charge in [0.2, 0.25) is 5.91 Å². The Bertz CT molecular complexity index is 1120. The van der Waals surface area contributed by atoms with Gasteiger partial charge in [0.05, 0.1) is 0 Å². The van der Waals surface area contributed by atoms with Crippen molar-refractivity contribution in [1.29, 1.82) is 0 Å². The van der Waals surface area contributed by atoms with Gasteiger partial charge in [0, 0.05) is 25.7 Å². The average molecular weight is 438 g/mol. The van der Waals surface area contributed by atoms with E-state index in [9.17, 15) is 4.79 Å². The number of amides is 1. The van der Waals surface area contributed by atoms with Gasteiger partial charge in [-0.15, -0.1) is 11.3 Å². The molecule has 0 fully saturated rings. The number of hydrogen-bond donors (Lipinski definition) is 1. The third kappa shape index (κ3) is 3.89. The number of carbonyl (C=O) groups excluding carboxylic acids is 1. The predicted molar refractivity (Wildman–Crippen MR) is 114 cm³/mol. The fraction of sp³-hybridized carbons (Fsp3) is 0.0455. The number of benzene rings is 3. The number of hydrogen-bond acceptors (Lipinski definition) is 3. The van der Waals surface area contributed by atoms with Gasteiger partial charge in [-0.05, 0) is 59.0 Å². The first-order valence-corrected chi connectivity index (χ1v) is 10.1. The van der Waals surface area contributed by atoms with Gasteiger partial charge >= 0.3 is 0 Å². The second-order valence-electron chi connectivity index (χ2n) is 6.17. The highest BCUT2D eigenvalue weighted by Gasteiger charge is 2.09. The predicted octanol–water partition coefficient (Wildman–Crippen LogP) is 6.01. The van der Waals surface area contributed by atoms with Crippen molar-refractivity contribution in [3.05, 3.63) is 87.7 Å². The highest BCUT2D eigenvalue weighted by Crippen LogP contribution is 2.35. The molecule has 1 aromatic heterocycles. The Morgan fingerprint density at radius 3 is 2.59 bits per heavy atom. The number of thiophene rings is 1. The zero-order valence-electron chi connectivity index (χ0n) is 14.3. The molecule has 0 saturated carbocycles. The lowest BCUT2D eigenvalue weighted by atomic mass is 10.0. The fourth-order valence-corrected chi connectivity index (χ4v) is 4.33. The van der Waals surface area contributed by atoms with Crippen molar-refractivity contribution in [1.82, 2.24) is 0 Å². The van der Waals surface area contributed by atoms with E-state index in [-0.39, 0.29) is 0 Å². The molecule has 3 nitrogen and oxygen atoms in total. The number of carbonyl (C=O) groups is 1. The number of primary amides is 1. The molecule has 2 N–H and O–H groups in total. The van der Waals surface area contributed by atoms with E-state index in [0.717, 1.165) is 37.0 Å². The second-order valence-corrected chi connectivity index (χ2v) is 7.99. The maximum absolute atomic E-state index is 11.5. The number of fused-ring (bicyclic) bond motifs is 1. The van der Waals surface area contributed by atoms with E-state index < -0.39 is 5.91 Å². The molecule has 134 valence electrons. The van der Waals surface area contributed by atoms with Crippen LogP contribution in [0.1, 0.15) is 15.9 Å². The van der Waals surface area contributed by atoms with Crippen LogP contribution in [-0.2, 0) is 6.61 Å². The maximum atomic E-state index is 11.5. The van der Waals surface area contributed by atoms with Gasteiger partial charge < -0.3 is 10.5 Å². The van der Waals surface area contributed by atoms with E-state index in [0.29, 0.717) is 12.2 Å². The fourth-order valence-electron chi connectivity index (χ4n) is 2.93. The quantitative estimate of drug-likeness (QED) is 0.415. The molecule has 0 aliphatic heterocycles. The molecule has 0 spiro atoms. The van der Waals surface area contributed by atoms with Crippen LogP contribution in [0.15, 0.2) is 76.6 Å². The summed E-state index contributed by atoms with van der Waals surface area (Å²) in [7, 11) is 0. The Kier molecular flexibility index (Phi) is 4.97. The van der Waals surface area contributed by atoms with Crippen molar-refractivity contribution < 1.29 is 9.53 Å². The molecule has 4 rings (SSSR count). The lowest BCUT2D eigenvalue weighted by Gasteiger charge is -2.08. The lowest BCUT2D eigenvalue weighted by molar-refractivity contribution is 0.100. The number of nitrogens with two attached hydrogens (primary N) is 1. The van der Waals surface area contributed by atoms with Crippen molar-refractivity contribution in [3.63, 3.8) is 0 Å². The van der Waals surface area contributed by atoms with Gasteiger partial charge in [0.15, 0.2) is 0 Å². The molecule has 1 amide bonds. The third-order valence-corrected chi connectivity index (χ3v) is 5.77. The minimum atomic E-state index is -0.412. The third-order valence-electron chi connectivity index (χ3n) is 4.32. The number of halogens is 1. The molecule has 0 radical (unpaired) electrons. The Hall–Kier alpha value is -2.63. The minimum Gasteiger partial charge on any atom is -0.489 e. The molecule has 0 aliphatic carbocycles. The van der Waals surface area contributed by atoms with Crippen LogP contribution >= 0.6 is 27.3 Å². The Balaban J connectivity index is 1.56. The van der Waals surface area contributed by atoms with Crippen molar-refractivity contribution in [2.45, 2.75) is 6.61 Å². The van der Waals surface area contributed by atoms with Gasteiger partial charge in [-0.2, -0.15) is 0 Å². The number of rotatable bonds is 5. The summed E-state index contributed by atoms with van der Waals surface area (Å²) >= 11 is 5.12. The van der Waals surface area contributed by atoms with E-state index in [1.807, 2.05) is 60.7 Å². The molecule has 0 unspecified atom stereocenters. The Labute approximate surface area is 169 Å². The Morgan fingerprint density at radius 1 is 1.04 bits per heavy atom. The SMILES string of the molecule is NC(=O)c1ccc2scc(-c3ccc(OCc4cccc(Br)c4)cc3)c2c1. The van der Waals surface area contributed by atoms with Crippen molar-refractivity contribution in [3.8, 4) is 16.9 Å². The summed E-state index contributed by atoms with van der Waals surface area (Å²) in [6, 6.07) is 21.6. The topological polar surface area (TPSA) is 52.3 Å². The summed E-state index contributed by atoms with van der Waals surface area (Å²) in [5.74, 6) is 0.404. The van der Waals surface area contributed by atoms with E-state index in [4.69, 9.17) is 10.5 Å². The summed E-state index contributed by atoms with van der Waals surface area (Å²) < 4.78 is 8.05. The summed E-state index contributed by atoms with van der Waals surface area (Å²) in [4.78, 5) is 11.5. The normalized spacial score (nSPS) is 10.9. The van der Waals surface area contributed by atoms with E-state index in [1.54, 1.807) is 17.4 Å². The molecule has 4 aromatic rings. The molecule has 0 atom stereocenters. The van der Waals surface area contributed by atoms with Gasteiger partial charge in [0.1, 0.15) is 12.4 Å². The smallest absolute Gasteiger partial charge is 0.248 e. The molecule has 0 aliphatic rings. The van der Waals surface area contributed by atoms with Crippen LogP contribution in [0.2, 0.25) is 0 Å². The van der Waals surface area contributed by atoms with E-state index >= 15 is 0 Å². The number of ether oxygens (including phenoxy) is 1. The monoisotopic (exact) mass is 437 g/mol. The minimum absolute atomic E-state index is 0.412. The zero-order valence-corrected chi connectivity index (χ0v) is 16.7. The molecule has 0 bridgehead atoms. The van der Waals surface area contributed by atoms with Crippen LogP contribution in [0.3, 0.4) is 0 Å². The molecular weight excluding hydrogens is 422 g/mol. The molecule has 5 heteroatoms. The molecule has 0 saturated heterocycles. The average Bonchev–Trinajstić information content (AvgIpc) is 3.10. The van der Waals surface area contributed by atoms with Gasteiger partial charge in [-0.25, -0.2) is 0 Å². The second kappa shape index (κ2) is 7.55. The molecule has 1 heterocycles. The maximum Gasteiger partial charge on any atom is 0.248 e. The van der Waals surface area contributed by atoms with Gasteiger partial charge in [-0.3, -0.25) is 4.79 Å². The standard InChI is InChI=1S/C22H16BrNO2S/c23-17-3-1-2-14(10-17)12-26-18-7-4-15(5-8-18)20-13-27-21-9-6-16(22(24)25)11-19(20)21/h1-11,13H,12H2,(H2,24,25).